The Labute approximate surface area is 127 Å². The van der Waals surface area contributed by atoms with Crippen molar-refractivity contribution in [3.8, 4) is 0 Å². The van der Waals surface area contributed by atoms with Crippen LogP contribution in [0.1, 0.15) is 37.0 Å². The molecule has 1 aliphatic rings. The Kier molecular flexibility index (Phi) is 4.76. The third-order valence-electron chi connectivity index (χ3n) is 3.71. The maximum Gasteiger partial charge on any atom is 0.241 e. The van der Waals surface area contributed by atoms with Gasteiger partial charge < -0.3 is 4.74 Å². The van der Waals surface area contributed by atoms with E-state index in [0.717, 1.165) is 23.1 Å². The number of rotatable bonds is 6. The quantitative estimate of drug-likeness (QED) is 0.822. The highest BCUT2D eigenvalue weighted by Gasteiger charge is 2.36. The van der Waals surface area contributed by atoms with E-state index in [1.807, 2.05) is 32.9 Å². The second kappa shape index (κ2) is 6.07. The Morgan fingerprint density at radius 1 is 1.24 bits per heavy atom. The van der Waals surface area contributed by atoms with Crippen LogP contribution in [0.25, 0.3) is 0 Å². The summed E-state index contributed by atoms with van der Waals surface area (Å²) in [5.74, 6) is 0.419. The summed E-state index contributed by atoms with van der Waals surface area (Å²) in [5, 5.41) is 0. The molecule has 0 saturated carbocycles. The van der Waals surface area contributed by atoms with Crippen molar-refractivity contribution in [3.63, 3.8) is 0 Å². The van der Waals surface area contributed by atoms with Crippen LogP contribution in [0.4, 0.5) is 0 Å². The molecule has 1 aromatic rings. The summed E-state index contributed by atoms with van der Waals surface area (Å²) in [6.45, 7) is 10.5. The minimum absolute atomic E-state index is 0.0215. The Morgan fingerprint density at radius 2 is 1.76 bits per heavy atom. The van der Waals surface area contributed by atoms with Crippen LogP contribution in [0.5, 0.6) is 0 Å². The zero-order valence-corrected chi connectivity index (χ0v) is 14.3. The number of hydrogen-bond acceptors (Lipinski definition) is 3. The highest BCUT2D eigenvalue weighted by atomic mass is 32.2. The van der Waals surface area contributed by atoms with E-state index < -0.39 is 10.0 Å². The molecule has 1 saturated heterocycles. The van der Waals surface area contributed by atoms with Gasteiger partial charge >= 0.3 is 0 Å². The maximum absolute atomic E-state index is 12.7. The molecule has 5 heteroatoms. The van der Waals surface area contributed by atoms with E-state index in [1.165, 1.54) is 0 Å². The van der Waals surface area contributed by atoms with E-state index in [9.17, 15) is 8.42 Å². The molecule has 4 nitrogen and oxygen atoms in total. The van der Waals surface area contributed by atoms with Gasteiger partial charge in [0.2, 0.25) is 10.0 Å². The van der Waals surface area contributed by atoms with Gasteiger partial charge in [0.15, 0.2) is 0 Å². The average molecular weight is 311 g/mol. The molecule has 1 aliphatic heterocycles. The van der Waals surface area contributed by atoms with Crippen molar-refractivity contribution in [1.82, 2.24) is 4.72 Å². The summed E-state index contributed by atoms with van der Waals surface area (Å²) in [6, 6.07) is 3.68. The Morgan fingerprint density at radius 3 is 2.19 bits per heavy atom. The second-order valence-electron chi connectivity index (χ2n) is 6.46. The lowest BCUT2D eigenvalue weighted by Gasteiger charge is -2.20. The van der Waals surface area contributed by atoms with Crippen LogP contribution >= 0.6 is 0 Å². The largest absolute Gasteiger partial charge is 0.371 e. The molecule has 1 aromatic carbocycles. The second-order valence-corrected chi connectivity index (χ2v) is 8.11. The molecule has 0 bridgehead atoms. The smallest absolute Gasteiger partial charge is 0.241 e. The molecule has 2 atom stereocenters. The summed E-state index contributed by atoms with van der Waals surface area (Å²) in [6.07, 6.45) is 0.807. The lowest BCUT2D eigenvalue weighted by molar-refractivity contribution is 0.331. The third-order valence-corrected chi connectivity index (χ3v) is 5.51. The molecule has 0 aromatic heterocycles. The minimum atomic E-state index is -3.52. The van der Waals surface area contributed by atoms with Gasteiger partial charge in [-0.05, 0) is 44.2 Å². The van der Waals surface area contributed by atoms with Crippen LogP contribution in [0.2, 0.25) is 0 Å². The highest BCUT2D eigenvalue weighted by molar-refractivity contribution is 7.89. The fourth-order valence-corrected chi connectivity index (χ4v) is 4.65. The number of ether oxygens (including phenoxy) is 1. The van der Waals surface area contributed by atoms with Gasteiger partial charge in [-0.25, -0.2) is 13.1 Å². The van der Waals surface area contributed by atoms with E-state index in [4.69, 9.17) is 4.74 Å². The van der Waals surface area contributed by atoms with Crippen LogP contribution in [0.15, 0.2) is 17.0 Å². The van der Waals surface area contributed by atoms with E-state index in [1.54, 1.807) is 0 Å². The molecule has 1 N–H and O–H groups in total. The first-order chi connectivity index (χ1) is 9.70. The van der Waals surface area contributed by atoms with Gasteiger partial charge in [-0.1, -0.05) is 31.5 Å². The van der Waals surface area contributed by atoms with Crippen molar-refractivity contribution < 1.29 is 13.2 Å². The van der Waals surface area contributed by atoms with Crippen molar-refractivity contribution >= 4 is 10.0 Å². The van der Waals surface area contributed by atoms with E-state index in [0.29, 0.717) is 17.4 Å². The third kappa shape index (κ3) is 4.05. The summed E-state index contributed by atoms with van der Waals surface area (Å²) in [5.41, 5.74) is 2.66. The zero-order valence-electron chi connectivity index (χ0n) is 13.4. The molecule has 0 unspecified atom stereocenters. The Balaban J connectivity index is 2.29. The number of hydrogen-bond donors (Lipinski definition) is 1. The molecule has 0 amide bonds. The van der Waals surface area contributed by atoms with Gasteiger partial charge in [0.1, 0.15) is 0 Å². The molecular weight excluding hydrogens is 286 g/mol. The number of aryl methyl sites for hydroxylation is 3. The number of sulfonamides is 1. The summed E-state index contributed by atoms with van der Waals surface area (Å²) >= 11 is 0. The predicted octanol–water partition coefficient (Wildman–Crippen LogP) is 2.70. The molecule has 0 aliphatic carbocycles. The summed E-state index contributed by atoms with van der Waals surface area (Å²) < 4.78 is 33.6. The van der Waals surface area contributed by atoms with Gasteiger partial charge in [0, 0.05) is 0 Å². The SMILES string of the molecule is Cc1cc(C)c(S(=O)(=O)N[C@H](CC(C)C)[C@@H]2CO2)c(C)c1. The molecule has 0 radical (unpaired) electrons. The number of benzene rings is 1. The molecule has 1 heterocycles. The van der Waals surface area contributed by atoms with Crippen LogP contribution in [0.3, 0.4) is 0 Å². The average Bonchev–Trinajstić information content (AvgIpc) is 3.07. The monoisotopic (exact) mass is 311 g/mol. The first-order valence-electron chi connectivity index (χ1n) is 7.42. The molecule has 2 rings (SSSR count). The van der Waals surface area contributed by atoms with Crippen molar-refractivity contribution in [2.45, 2.75) is 58.1 Å². The van der Waals surface area contributed by atoms with Crippen molar-refractivity contribution in [1.29, 1.82) is 0 Å². The van der Waals surface area contributed by atoms with E-state index in [-0.39, 0.29) is 12.1 Å². The topological polar surface area (TPSA) is 58.7 Å². The number of nitrogens with one attached hydrogen (secondary N) is 1. The van der Waals surface area contributed by atoms with Crippen LogP contribution < -0.4 is 4.72 Å². The minimum Gasteiger partial charge on any atom is -0.371 e. The normalized spacial score (nSPS) is 19.8. The molecule has 1 fully saturated rings. The first kappa shape index (κ1) is 16.5. The predicted molar refractivity (Wildman–Crippen MR) is 84.0 cm³/mol. The highest BCUT2D eigenvalue weighted by Crippen LogP contribution is 2.25. The van der Waals surface area contributed by atoms with Crippen molar-refractivity contribution in [2.75, 3.05) is 6.61 Å². The lowest BCUT2D eigenvalue weighted by atomic mass is 10.0. The fraction of sp³-hybridized carbons (Fsp3) is 0.625. The van der Waals surface area contributed by atoms with E-state index >= 15 is 0 Å². The zero-order chi connectivity index (χ0) is 15.8. The summed E-state index contributed by atoms with van der Waals surface area (Å²) in [4.78, 5) is 0.405. The number of epoxide rings is 1. The fourth-order valence-electron chi connectivity index (χ4n) is 2.92. The molecule has 118 valence electrons. The Hall–Kier alpha value is -0.910. The maximum atomic E-state index is 12.7. The van der Waals surface area contributed by atoms with Gasteiger partial charge in [0.25, 0.3) is 0 Å². The first-order valence-corrected chi connectivity index (χ1v) is 8.91. The van der Waals surface area contributed by atoms with Crippen molar-refractivity contribution in [2.24, 2.45) is 5.92 Å². The van der Waals surface area contributed by atoms with Crippen molar-refractivity contribution in [3.05, 3.63) is 28.8 Å². The van der Waals surface area contributed by atoms with Gasteiger partial charge in [-0.15, -0.1) is 0 Å². The lowest BCUT2D eigenvalue weighted by Crippen LogP contribution is -2.40. The molecule has 21 heavy (non-hydrogen) atoms. The van der Waals surface area contributed by atoms with Gasteiger partial charge in [-0.2, -0.15) is 0 Å². The van der Waals surface area contributed by atoms with Crippen LogP contribution in [-0.2, 0) is 14.8 Å². The van der Waals surface area contributed by atoms with Gasteiger partial charge in [0.05, 0.1) is 23.6 Å². The van der Waals surface area contributed by atoms with Gasteiger partial charge in [-0.3, -0.25) is 0 Å². The van der Waals surface area contributed by atoms with Crippen LogP contribution in [0, 0.1) is 26.7 Å². The standard InChI is InChI=1S/C16H25NO3S/c1-10(2)6-14(15-9-20-15)17-21(18,19)16-12(4)7-11(3)8-13(16)5/h7-8,10,14-15,17H,6,9H2,1-5H3/t14-,15+/m1/s1. The van der Waals surface area contributed by atoms with E-state index in [2.05, 4.69) is 18.6 Å². The Bertz CT molecular complexity index is 595. The summed E-state index contributed by atoms with van der Waals surface area (Å²) in [7, 11) is -3.52. The molecule has 0 spiro atoms. The van der Waals surface area contributed by atoms with Crippen LogP contribution in [-0.4, -0.2) is 27.2 Å². The molecular formula is C16H25NO3S.